The highest BCUT2D eigenvalue weighted by molar-refractivity contribution is 5.80. The van der Waals surface area contributed by atoms with E-state index in [4.69, 9.17) is 4.52 Å². The van der Waals surface area contributed by atoms with E-state index in [0.29, 0.717) is 0 Å². The van der Waals surface area contributed by atoms with Crippen LogP contribution in [0.1, 0.15) is 16.8 Å². The lowest BCUT2D eigenvalue weighted by molar-refractivity contribution is 0.168. The van der Waals surface area contributed by atoms with Crippen molar-refractivity contribution >= 4 is 5.96 Å². The van der Waals surface area contributed by atoms with E-state index in [1.54, 1.807) is 6.26 Å². The third-order valence-corrected chi connectivity index (χ3v) is 5.68. The number of hydrogen-bond acceptors (Lipinski definition) is 5. The lowest BCUT2D eigenvalue weighted by Gasteiger charge is -2.36. The molecule has 0 radical (unpaired) electrons. The number of benzene rings is 1. The lowest BCUT2D eigenvalue weighted by Crippen LogP contribution is -2.53. The SMILES string of the molecule is CN=C(NCCN1CCc2ccccc2C1)N1CCN(Cc2ccon2)CC1. The van der Waals surface area contributed by atoms with Crippen molar-refractivity contribution in [3.8, 4) is 0 Å². The van der Waals surface area contributed by atoms with Gasteiger partial charge in [0, 0.05) is 72.0 Å². The molecule has 1 aromatic carbocycles. The summed E-state index contributed by atoms with van der Waals surface area (Å²) >= 11 is 0. The lowest BCUT2D eigenvalue weighted by atomic mass is 10.00. The van der Waals surface area contributed by atoms with Crippen molar-refractivity contribution in [3.63, 3.8) is 0 Å². The van der Waals surface area contributed by atoms with Crippen LogP contribution in [0.4, 0.5) is 0 Å². The summed E-state index contributed by atoms with van der Waals surface area (Å²) in [6.07, 6.45) is 2.79. The fraction of sp³-hybridized carbons (Fsp3) is 0.524. The summed E-state index contributed by atoms with van der Waals surface area (Å²) in [6.45, 7) is 8.99. The highest BCUT2D eigenvalue weighted by Gasteiger charge is 2.21. The van der Waals surface area contributed by atoms with Crippen LogP contribution in [-0.2, 0) is 19.5 Å². The van der Waals surface area contributed by atoms with Crippen molar-refractivity contribution < 1.29 is 4.52 Å². The van der Waals surface area contributed by atoms with Gasteiger partial charge < -0.3 is 14.7 Å². The summed E-state index contributed by atoms with van der Waals surface area (Å²) in [5, 5.41) is 7.57. The molecule has 2 aliphatic rings. The molecule has 2 aromatic rings. The number of nitrogens with one attached hydrogen (secondary N) is 1. The van der Waals surface area contributed by atoms with Crippen LogP contribution in [0.2, 0.25) is 0 Å². The summed E-state index contributed by atoms with van der Waals surface area (Å²) < 4.78 is 4.93. The summed E-state index contributed by atoms with van der Waals surface area (Å²) in [6, 6.07) is 10.7. The number of aromatic nitrogens is 1. The van der Waals surface area contributed by atoms with Gasteiger partial charge in [-0.3, -0.25) is 14.8 Å². The maximum atomic E-state index is 4.93. The Balaban J connectivity index is 1.19. The fourth-order valence-corrected chi connectivity index (χ4v) is 4.07. The Hall–Kier alpha value is -2.38. The Labute approximate surface area is 167 Å². The van der Waals surface area contributed by atoms with Crippen molar-refractivity contribution in [3.05, 3.63) is 53.4 Å². The first kappa shape index (κ1) is 19.0. The molecular formula is C21H30N6O. The molecule has 1 aromatic heterocycles. The fourth-order valence-electron chi connectivity index (χ4n) is 4.07. The predicted molar refractivity (Wildman–Crippen MR) is 110 cm³/mol. The van der Waals surface area contributed by atoms with Crippen LogP contribution in [0.25, 0.3) is 0 Å². The molecule has 1 N–H and O–H groups in total. The summed E-state index contributed by atoms with van der Waals surface area (Å²) in [5.41, 5.74) is 3.98. The quantitative estimate of drug-likeness (QED) is 0.624. The molecule has 7 heteroatoms. The Morgan fingerprint density at radius 1 is 1.07 bits per heavy atom. The summed E-state index contributed by atoms with van der Waals surface area (Å²) in [7, 11) is 1.88. The number of rotatable bonds is 5. The molecule has 1 saturated heterocycles. The van der Waals surface area contributed by atoms with E-state index in [1.807, 2.05) is 13.1 Å². The standard InChI is InChI=1S/C21H30N6O/c1-22-21(27-13-11-26(12-14-27)17-20-7-15-28-24-20)23-8-10-25-9-6-18-4-2-3-5-19(18)16-25/h2-5,7,15H,6,8-14,16-17H2,1H3,(H,22,23). The molecule has 0 bridgehead atoms. The minimum atomic E-state index is 0.854. The van der Waals surface area contributed by atoms with E-state index in [-0.39, 0.29) is 0 Å². The smallest absolute Gasteiger partial charge is 0.193 e. The second-order valence-electron chi connectivity index (χ2n) is 7.52. The number of hydrogen-bond donors (Lipinski definition) is 1. The third-order valence-electron chi connectivity index (χ3n) is 5.68. The molecule has 0 saturated carbocycles. The molecule has 0 atom stereocenters. The normalized spacial score (nSPS) is 18.9. The molecule has 0 amide bonds. The van der Waals surface area contributed by atoms with Crippen molar-refractivity contribution in [2.75, 3.05) is 52.9 Å². The van der Waals surface area contributed by atoms with Gasteiger partial charge in [-0.05, 0) is 17.5 Å². The molecule has 0 aliphatic carbocycles. The number of nitrogens with zero attached hydrogens (tertiary/aromatic N) is 5. The first-order valence-electron chi connectivity index (χ1n) is 10.2. The van der Waals surface area contributed by atoms with Gasteiger partial charge in [0.05, 0.1) is 5.69 Å². The van der Waals surface area contributed by atoms with Crippen molar-refractivity contribution in [2.24, 2.45) is 4.99 Å². The van der Waals surface area contributed by atoms with Crippen molar-refractivity contribution in [1.29, 1.82) is 0 Å². The zero-order valence-electron chi connectivity index (χ0n) is 16.7. The molecule has 0 unspecified atom stereocenters. The molecule has 2 aliphatic heterocycles. The highest BCUT2D eigenvalue weighted by atomic mass is 16.5. The van der Waals surface area contributed by atoms with Gasteiger partial charge in [0.2, 0.25) is 0 Å². The third kappa shape index (κ3) is 4.72. The molecule has 3 heterocycles. The Kier molecular flexibility index (Phi) is 6.24. The van der Waals surface area contributed by atoms with Crippen LogP contribution >= 0.6 is 0 Å². The summed E-state index contributed by atoms with van der Waals surface area (Å²) in [5.74, 6) is 1.01. The van der Waals surface area contributed by atoms with Gasteiger partial charge in [0.25, 0.3) is 0 Å². The zero-order valence-corrected chi connectivity index (χ0v) is 16.7. The molecule has 1 fully saturated rings. The van der Waals surface area contributed by atoms with Gasteiger partial charge in [-0.25, -0.2) is 0 Å². The number of fused-ring (bicyclic) bond motifs is 1. The van der Waals surface area contributed by atoms with Crippen LogP contribution in [0.15, 0.2) is 46.1 Å². The van der Waals surface area contributed by atoms with Gasteiger partial charge in [0.1, 0.15) is 6.26 Å². The van der Waals surface area contributed by atoms with Crippen LogP contribution < -0.4 is 5.32 Å². The van der Waals surface area contributed by atoms with Crippen molar-refractivity contribution in [2.45, 2.75) is 19.5 Å². The molecule has 7 nitrogen and oxygen atoms in total. The Bertz CT molecular complexity index is 767. The minimum absolute atomic E-state index is 0.854. The average Bonchev–Trinajstić information content (AvgIpc) is 3.25. The van der Waals surface area contributed by atoms with Crippen molar-refractivity contribution in [1.82, 2.24) is 25.2 Å². The highest BCUT2D eigenvalue weighted by Crippen LogP contribution is 2.17. The molecule has 4 rings (SSSR count). The van der Waals surface area contributed by atoms with E-state index in [9.17, 15) is 0 Å². The summed E-state index contributed by atoms with van der Waals surface area (Å²) in [4.78, 5) is 11.8. The maximum Gasteiger partial charge on any atom is 0.193 e. The van der Waals surface area contributed by atoms with Crippen LogP contribution in [0.5, 0.6) is 0 Å². The van der Waals surface area contributed by atoms with E-state index >= 15 is 0 Å². The molecular weight excluding hydrogens is 352 g/mol. The van der Waals surface area contributed by atoms with Gasteiger partial charge in [-0.2, -0.15) is 0 Å². The van der Waals surface area contributed by atoms with Gasteiger partial charge in [0.15, 0.2) is 5.96 Å². The van der Waals surface area contributed by atoms with Gasteiger partial charge in [-0.15, -0.1) is 0 Å². The largest absolute Gasteiger partial charge is 0.364 e. The van der Waals surface area contributed by atoms with Crippen LogP contribution in [0, 0.1) is 0 Å². The topological polar surface area (TPSA) is 60.1 Å². The first-order valence-corrected chi connectivity index (χ1v) is 10.2. The number of guanidine groups is 1. The second kappa shape index (κ2) is 9.21. The maximum absolute atomic E-state index is 4.93. The number of aliphatic imine (C=N–C) groups is 1. The Morgan fingerprint density at radius 3 is 2.64 bits per heavy atom. The van der Waals surface area contributed by atoms with E-state index < -0.39 is 0 Å². The predicted octanol–water partition coefficient (Wildman–Crippen LogP) is 1.43. The zero-order chi connectivity index (χ0) is 19.2. The van der Waals surface area contributed by atoms with Crippen LogP contribution in [0.3, 0.4) is 0 Å². The first-order chi connectivity index (χ1) is 13.8. The minimum Gasteiger partial charge on any atom is -0.364 e. The van der Waals surface area contributed by atoms with E-state index in [0.717, 1.165) is 77.0 Å². The Morgan fingerprint density at radius 2 is 1.89 bits per heavy atom. The monoisotopic (exact) mass is 382 g/mol. The van der Waals surface area contributed by atoms with Gasteiger partial charge in [-0.1, -0.05) is 29.4 Å². The average molecular weight is 383 g/mol. The molecule has 150 valence electrons. The van der Waals surface area contributed by atoms with E-state index in [2.05, 4.69) is 54.4 Å². The molecule has 0 spiro atoms. The van der Waals surface area contributed by atoms with Gasteiger partial charge >= 0.3 is 0 Å². The van der Waals surface area contributed by atoms with Crippen LogP contribution in [-0.4, -0.2) is 78.7 Å². The van der Waals surface area contributed by atoms with E-state index in [1.165, 1.54) is 11.1 Å². The number of piperazine rings is 1. The second-order valence-corrected chi connectivity index (χ2v) is 7.52. The molecule has 28 heavy (non-hydrogen) atoms.